The van der Waals surface area contributed by atoms with Crippen LogP contribution in [0.15, 0.2) is 18.2 Å². The van der Waals surface area contributed by atoms with E-state index in [1.165, 1.54) is 5.56 Å². The fraction of sp³-hybridized carbons (Fsp3) is 0.647. The van der Waals surface area contributed by atoms with Gasteiger partial charge in [0.05, 0.1) is 13.2 Å². The minimum absolute atomic E-state index is 0.208. The summed E-state index contributed by atoms with van der Waals surface area (Å²) in [6.45, 7) is 4.42. The van der Waals surface area contributed by atoms with Crippen molar-refractivity contribution in [2.24, 2.45) is 5.92 Å². The van der Waals surface area contributed by atoms with Crippen LogP contribution in [-0.2, 0) is 6.42 Å². The molecule has 0 saturated carbocycles. The van der Waals surface area contributed by atoms with E-state index in [4.69, 9.17) is 4.74 Å². The van der Waals surface area contributed by atoms with Gasteiger partial charge in [-0.25, -0.2) is 0 Å². The van der Waals surface area contributed by atoms with E-state index >= 15 is 0 Å². The third-order valence-electron chi connectivity index (χ3n) is 5.20. The summed E-state index contributed by atoms with van der Waals surface area (Å²) < 4.78 is 5.28. The predicted octanol–water partition coefficient (Wildman–Crippen LogP) is 1.54. The van der Waals surface area contributed by atoms with E-state index < -0.39 is 6.10 Å². The smallest absolute Gasteiger partial charge is 0.119 e. The second-order valence-corrected chi connectivity index (χ2v) is 6.74. The highest BCUT2D eigenvalue weighted by molar-refractivity contribution is 5.42. The summed E-state index contributed by atoms with van der Waals surface area (Å²) in [5.41, 5.74) is 2.30. The van der Waals surface area contributed by atoms with E-state index in [0.717, 1.165) is 30.8 Å². The van der Waals surface area contributed by atoms with Gasteiger partial charge in [0.25, 0.3) is 0 Å². The molecule has 1 aromatic rings. The van der Waals surface area contributed by atoms with Gasteiger partial charge in [0.15, 0.2) is 0 Å². The number of likely N-dealkylation sites (tertiary alicyclic amines) is 1. The molecule has 1 aliphatic heterocycles. The van der Waals surface area contributed by atoms with Gasteiger partial charge in [-0.2, -0.15) is 0 Å². The summed E-state index contributed by atoms with van der Waals surface area (Å²) in [6.07, 6.45) is 0.538. The molecule has 1 fully saturated rings. The molecule has 1 aromatic carbocycles. The van der Waals surface area contributed by atoms with Gasteiger partial charge < -0.3 is 14.7 Å². The lowest BCUT2D eigenvalue weighted by molar-refractivity contribution is 0.0704. The van der Waals surface area contributed by atoms with E-state index in [1.807, 2.05) is 12.1 Å². The lowest BCUT2D eigenvalue weighted by Crippen LogP contribution is -2.39. The van der Waals surface area contributed by atoms with E-state index in [9.17, 15) is 5.11 Å². The standard InChI is InChI=1S/C17H26N2O2/c1-11-9-19(10-16(11)18(2)3)15-7-12-5-6-13(21-4)8-14(12)17(15)20/h5-6,8,11,15-17,20H,7,9-10H2,1-4H3. The maximum Gasteiger partial charge on any atom is 0.119 e. The van der Waals surface area contributed by atoms with Crippen molar-refractivity contribution < 1.29 is 9.84 Å². The van der Waals surface area contributed by atoms with Crippen molar-refractivity contribution in [3.05, 3.63) is 29.3 Å². The van der Waals surface area contributed by atoms with Gasteiger partial charge in [0, 0.05) is 25.2 Å². The molecule has 116 valence electrons. The SMILES string of the molecule is COc1ccc2c(c1)C(O)C(N1CC(C)C(N(C)C)C1)C2. The maximum atomic E-state index is 10.7. The Balaban J connectivity index is 1.77. The van der Waals surface area contributed by atoms with E-state index in [0.29, 0.717) is 12.0 Å². The Kier molecular flexibility index (Phi) is 3.95. The molecule has 2 aliphatic rings. The number of rotatable bonds is 3. The molecule has 21 heavy (non-hydrogen) atoms. The summed E-state index contributed by atoms with van der Waals surface area (Å²) in [6, 6.07) is 6.86. The number of methoxy groups -OCH3 is 1. The molecule has 3 rings (SSSR count). The third-order valence-corrected chi connectivity index (χ3v) is 5.20. The number of benzene rings is 1. The first kappa shape index (κ1) is 14.8. The molecule has 0 aromatic heterocycles. The molecule has 4 atom stereocenters. The second-order valence-electron chi connectivity index (χ2n) is 6.74. The highest BCUT2D eigenvalue weighted by atomic mass is 16.5. The first-order chi connectivity index (χ1) is 10.0. The van der Waals surface area contributed by atoms with Gasteiger partial charge in [0.1, 0.15) is 5.75 Å². The summed E-state index contributed by atoms with van der Waals surface area (Å²) in [7, 11) is 5.97. The number of ether oxygens (including phenoxy) is 1. The van der Waals surface area contributed by atoms with Gasteiger partial charge in [-0.15, -0.1) is 0 Å². The first-order valence-electron chi connectivity index (χ1n) is 7.76. The highest BCUT2D eigenvalue weighted by Gasteiger charge is 2.41. The zero-order valence-electron chi connectivity index (χ0n) is 13.4. The molecule has 1 heterocycles. The first-order valence-corrected chi connectivity index (χ1v) is 7.76. The van der Waals surface area contributed by atoms with Gasteiger partial charge in [-0.1, -0.05) is 13.0 Å². The molecule has 0 bridgehead atoms. The lowest BCUT2D eigenvalue weighted by Gasteiger charge is -2.28. The normalized spacial score (nSPS) is 32.7. The Morgan fingerprint density at radius 2 is 2.05 bits per heavy atom. The zero-order valence-corrected chi connectivity index (χ0v) is 13.4. The van der Waals surface area contributed by atoms with Crippen molar-refractivity contribution in [1.82, 2.24) is 9.80 Å². The minimum Gasteiger partial charge on any atom is -0.497 e. The molecule has 1 saturated heterocycles. The minimum atomic E-state index is -0.400. The molecule has 4 unspecified atom stereocenters. The monoisotopic (exact) mass is 290 g/mol. The molecule has 1 aliphatic carbocycles. The van der Waals surface area contributed by atoms with Crippen LogP contribution in [0, 0.1) is 5.92 Å². The van der Waals surface area contributed by atoms with Crippen LogP contribution in [0.1, 0.15) is 24.2 Å². The van der Waals surface area contributed by atoms with Crippen molar-refractivity contribution in [3.8, 4) is 5.75 Å². The lowest BCUT2D eigenvalue weighted by atomic mass is 10.1. The molecule has 4 nitrogen and oxygen atoms in total. The largest absolute Gasteiger partial charge is 0.497 e. The van der Waals surface area contributed by atoms with Crippen LogP contribution in [-0.4, -0.2) is 61.3 Å². The predicted molar refractivity (Wildman–Crippen MR) is 83.7 cm³/mol. The average Bonchev–Trinajstić information content (AvgIpc) is 2.99. The Labute approximate surface area is 127 Å². The second kappa shape index (κ2) is 5.59. The van der Waals surface area contributed by atoms with E-state index in [2.05, 4.69) is 36.9 Å². The van der Waals surface area contributed by atoms with Crippen LogP contribution in [0.25, 0.3) is 0 Å². The van der Waals surface area contributed by atoms with Crippen LogP contribution in [0.4, 0.5) is 0 Å². The van der Waals surface area contributed by atoms with Gasteiger partial charge >= 0.3 is 0 Å². The van der Waals surface area contributed by atoms with Gasteiger partial charge in [0.2, 0.25) is 0 Å². The number of hydrogen-bond donors (Lipinski definition) is 1. The fourth-order valence-corrected chi connectivity index (χ4v) is 3.96. The van der Waals surface area contributed by atoms with Gasteiger partial charge in [-0.05, 0) is 49.7 Å². The zero-order chi connectivity index (χ0) is 15.1. The molecule has 0 radical (unpaired) electrons. The Bertz CT molecular complexity index is 518. The average molecular weight is 290 g/mol. The molecule has 0 amide bonds. The van der Waals surface area contributed by atoms with Crippen molar-refractivity contribution in [3.63, 3.8) is 0 Å². The van der Waals surface area contributed by atoms with E-state index in [-0.39, 0.29) is 6.04 Å². The third kappa shape index (κ3) is 2.56. The van der Waals surface area contributed by atoms with Crippen LogP contribution in [0.3, 0.4) is 0 Å². The van der Waals surface area contributed by atoms with Crippen LogP contribution < -0.4 is 4.74 Å². The number of aliphatic hydroxyl groups excluding tert-OH is 1. The number of likely N-dealkylation sites (N-methyl/N-ethyl adjacent to an activating group) is 1. The highest BCUT2D eigenvalue weighted by Crippen LogP contribution is 2.38. The number of nitrogens with zero attached hydrogens (tertiary/aromatic N) is 2. The molecule has 4 heteroatoms. The summed E-state index contributed by atoms with van der Waals surface area (Å²) in [5.74, 6) is 1.47. The summed E-state index contributed by atoms with van der Waals surface area (Å²) in [5, 5.41) is 10.7. The quantitative estimate of drug-likeness (QED) is 0.916. The van der Waals surface area contributed by atoms with Crippen LogP contribution in [0.2, 0.25) is 0 Å². The fourth-order valence-electron chi connectivity index (χ4n) is 3.96. The number of aliphatic hydroxyl groups is 1. The van der Waals surface area contributed by atoms with Crippen molar-refractivity contribution in [2.45, 2.75) is 31.5 Å². The van der Waals surface area contributed by atoms with Crippen LogP contribution >= 0.6 is 0 Å². The Morgan fingerprint density at radius 3 is 2.67 bits per heavy atom. The maximum absolute atomic E-state index is 10.7. The molecular formula is C17H26N2O2. The molecule has 1 N–H and O–H groups in total. The summed E-state index contributed by atoms with van der Waals surface area (Å²) in [4.78, 5) is 4.77. The van der Waals surface area contributed by atoms with Crippen molar-refractivity contribution >= 4 is 0 Å². The Morgan fingerprint density at radius 1 is 1.29 bits per heavy atom. The Hall–Kier alpha value is -1.10. The number of fused-ring (bicyclic) bond motifs is 1. The topological polar surface area (TPSA) is 35.9 Å². The number of hydrogen-bond acceptors (Lipinski definition) is 4. The van der Waals surface area contributed by atoms with Crippen molar-refractivity contribution in [1.29, 1.82) is 0 Å². The molecule has 0 spiro atoms. The van der Waals surface area contributed by atoms with Crippen molar-refractivity contribution in [2.75, 3.05) is 34.3 Å². The van der Waals surface area contributed by atoms with Gasteiger partial charge in [-0.3, -0.25) is 4.90 Å². The van der Waals surface area contributed by atoms with Crippen LogP contribution in [0.5, 0.6) is 5.75 Å². The summed E-state index contributed by atoms with van der Waals surface area (Å²) >= 11 is 0. The molecular weight excluding hydrogens is 264 g/mol. The van der Waals surface area contributed by atoms with E-state index in [1.54, 1.807) is 7.11 Å².